The van der Waals surface area contributed by atoms with Gasteiger partial charge >= 0.3 is 0 Å². The van der Waals surface area contributed by atoms with E-state index in [1.165, 1.54) is 55.3 Å². The predicted molar refractivity (Wildman–Crippen MR) is 165 cm³/mol. The number of unbranched alkanes of at least 4 members (excludes halogenated alkanes) is 1. The quantitative estimate of drug-likeness (QED) is 0.149. The van der Waals surface area contributed by atoms with Gasteiger partial charge < -0.3 is 15.0 Å². The fourth-order valence-corrected chi connectivity index (χ4v) is 5.95. The Bertz CT molecular complexity index is 1560. The number of anilines is 1. The summed E-state index contributed by atoms with van der Waals surface area (Å²) in [6.45, 7) is 4.77. The Kier molecular flexibility index (Phi) is 11.5. The third kappa shape index (κ3) is 8.45. The van der Waals surface area contributed by atoms with Crippen LogP contribution in [0.5, 0.6) is 5.75 Å². The van der Waals surface area contributed by atoms with E-state index in [1.54, 1.807) is 31.2 Å². The van der Waals surface area contributed by atoms with Crippen LogP contribution in [0, 0.1) is 17.0 Å². The second-order valence-corrected chi connectivity index (χ2v) is 12.2. The van der Waals surface area contributed by atoms with Crippen molar-refractivity contribution >= 4 is 44.8 Å². The number of aryl methyl sites for hydroxylation is 1. The molecule has 0 unspecified atom stereocenters. The number of sulfonamides is 1. The number of rotatable bonds is 14. The maximum absolute atomic E-state index is 14.0. The highest BCUT2D eigenvalue weighted by molar-refractivity contribution is 7.92. The number of amides is 2. The number of benzene rings is 3. The number of nitro benzene ring substituents is 1. The molecule has 3 aromatic rings. The van der Waals surface area contributed by atoms with Gasteiger partial charge in [0.25, 0.3) is 15.7 Å². The van der Waals surface area contributed by atoms with Gasteiger partial charge in [-0.25, -0.2) is 8.42 Å². The van der Waals surface area contributed by atoms with Crippen molar-refractivity contribution < 1.29 is 27.7 Å². The molecule has 0 saturated heterocycles. The van der Waals surface area contributed by atoms with Crippen LogP contribution in [-0.4, -0.2) is 56.3 Å². The molecule has 3 aromatic carbocycles. The van der Waals surface area contributed by atoms with E-state index < -0.39 is 39.3 Å². The molecular weight excluding hydrogens is 596 g/mol. The fourth-order valence-electron chi connectivity index (χ4n) is 4.30. The number of hydrogen-bond acceptors (Lipinski definition) is 7. The monoisotopic (exact) mass is 630 g/mol. The predicted octanol–water partition coefficient (Wildman–Crippen LogP) is 5.09. The van der Waals surface area contributed by atoms with Gasteiger partial charge in [0.2, 0.25) is 11.8 Å². The van der Waals surface area contributed by atoms with Crippen LogP contribution in [0.2, 0.25) is 5.02 Å². The molecule has 1 atom stereocenters. The zero-order chi connectivity index (χ0) is 31.7. The molecule has 0 heterocycles. The summed E-state index contributed by atoms with van der Waals surface area (Å²) in [5, 5.41) is 14.8. The molecule has 43 heavy (non-hydrogen) atoms. The Morgan fingerprint density at radius 3 is 2.40 bits per heavy atom. The van der Waals surface area contributed by atoms with Crippen LogP contribution in [0.4, 0.5) is 11.4 Å². The van der Waals surface area contributed by atoms with Crippen molar-refractivity contribution in [3.63, 3.8) is 0 Å². The molecule has 0 spiro atoms. The largest absolute Gasteiger partial charge is 0.497 e. The topological polar surface area (TPSA) is 139 Å². The lowest BCUT2D eigenvalue weighted by atomic mass is 10.1. The normalized spacial score (nSPS) is 11.8. The number of ether oxygens (including phenoxy) is 1. The Balaban J connectivity index is 2.07. The number of methoxy groups -OCH3 is 1. The number of nitrogens with zero attached hydrogens (tertiary/aromatic N) is 3. The van der Waals surface area contributed by atoms with Gasteiger partial charge in [0, 0.05) is 29.7 Å². The van der Waals surface area contributed by atoms with E-state index in [9.17, 15) is 28.1 Å². The maximum atomic E-state index is 14.0. The number of halogens is 1. The Morgan fingerprint density at radius 1 is 1.09 bits per heavy atom. The first-order chi connectivity index (χ1) is 20.4. The molecule has 0 aliphatic carbocycles. The zero-order valence-electron chi connectivity index (χ0n) is 24.4. The van der Waals surface area contributed by atoms with Gasteiger partial charge in [0.15, 0.2) is 0 Å². The molecule has 3 rings (SSSR count). The highest BCUT2D eigenvalue weighted by Gasteiger charge is 2.33. The summed E-state index contributed by atoms with van der Waals surface area (Å²) in [6.07, 6.45) is 1.62. The summed E-state index contributed by atoms with van der Waals surface area (Å²) >= 11 is 6.17. The highest BCUT2D eigenvalue weighted by Crippen LogP contribution is 2.29. The average molecular weight is 631 g/mol. The second kappa shape index (κ2) is 14.8. The molecule has 0 aliphatic heterocycles. The molecular formula is C30H35ClN4O7S. The smallest absolute Gasteiger partial charge is 0.273 e. The number of carbonyl (C=O) groups excluding carboxylic acids is 2. The molecule has 230 valence electrons. The van der Waals surface area contributed by atoms with Crippen molar-refractivity contribution in [2.75, 3.05) is 24.5 Å². The number of nitrogens with one attached hydrogen (secondary N) is 1. The SMILES string of the molecule is CCCCNC(=O)[C@@H](C)N(Cc1cccc(Cl)c1)C(=O)CN(c1ccc(OC)cc1)S(=O)(=O)c1ccc(C)c([N+](=O)[O-])c1. The lowest BCUT2D eigenvalue weighted by molar-refractivity contribution is -0.385. The van der Waals surface area contributed by atoms with Gasteiger partial charge in [-0.3, -0.25) is 24.0 Å². The van der Waals surface area contributed by atoms with E-state index in [-0.39, 0.29) is 28.4 Å². The van der Waals surface area contributed by atoms with Gasteiger partial charge in [-0.1, -0.05) is 43.1 Å². The first kappa shape index (κ1) is 33.3. The Labute approximate surface area is 256 Å². The molecule has 0 saturated carbocycles. The molecule has 1 N–H and O–H groups in total. The first-order valence-electron chi connectivity index (χ1n) is 13.6. The van der Waals surface area contributed by atoms with Crippen molar-refractivity contribution in [1.29, 1.82) is 0 Å². The summed E-state index contributed by atoms with van der Waals surface area (Å²) < 4.78 is 34.1. The second-order valence-electron chi connectivity index (χ2n) is 9.89. The number of nitro groups is 1. The van der Waals surface area contributed by atoms with Crippen molar-refractivity contribution in [3.05, 3.63) is 93.0 Å². The van der Waals surface area contributed by atoms with Gasteiger partial charge in [0.1, 0.15) is 18.3 Å². The van der Waals surface area contributed by atoms with E-state index in [0.29, 0.717) is 22.9 Å². The summed E-state index contributed by atoms with van der Waals surface area (Å²) in [5.41, 5.74) is 0.677. The van der Waals surface area contributed by atoms with Crippen LogP contribution in [0.25, 0.3) is 0 Å². The van der Waals surface area contributed by atoms with Gasteiger partial charge in [-0.15, -0.1) is 0 Å². The van der Waals surface area contributed by atoms with Crippen molar-refractivity contribution in [2.45, 2.75) is 51.1 Å². The van der Waals surface area contributed by atoms with E-state index in [2.05, 4.69) is 5.32 Å². The number of carbonyl (C=O) groups is 2. The van der Waals surface area contributed by atoms with Crippen molar-refractivity contribution in [2.24, 2.45) is 0 Å². The zero-order valence-corrected chi connectivity index (χ0v) is 26.0. The average Bonchev–Trinajstić information content (AvgIpc) is 2.98. The maximum Gasteiger partial charge on any atom is 0.273 e. The summed E-state index contributed by atoms with van der Waals surface area (Å²) in [5.74, 6) is -0.602. The molecule has 0 radical (unpaired) electrons. The molecule has 0 fully saturated rings. The Hall–Kier alpha value is -4.16. The minimum Gasteiger partial charge on any atom is -0.497 e. The summed E-state index contributed by atoms with van der Waals surface area (Å²) in [6, 6.07) is 15.4. The van der Waals surface area contributed by atoms with Gasteiger partial charge in [-0.05, 0) is 68.3 Å². The lowest BCUT2D eigenvalue weighted by Gasteiger charge is -2.32. The van der Waals surface area contributed by atoms with Crippen LogP contribution >= 0.6 is 11.6 Å². The van der Waals surface area contributed by atoms with Crippen LogP contribution in [0.3, 0.4) is 0 Å². The van der Waals surface area contributed by atoms with E-state index in [1.807, 2.05) is 6.92 Å². The Morgan fingerprint density at radius 2 is 1.79 bits per heavy atom. The lowest BCUT2D eigenvalue weighted by Crippen LogP contribution is -2.51. The molecule has 11 nitrogen and oxygen atoms in total. The van der Waals surface area contributed by atoms with Gasteiger partial charge in [-0.2, -0.15) is 0 Å². The van der Waals surface area contributed by atoms with E-state index in [0.717, 1.165) is 23.2 Å². The van der Waals surface area contributed by atoms with Crippen molar-refractivity contribution in [1.82, 2.24) is 10.2 Å². The van der Waals surface area contributed by atoms with Crippen molar-refractivity contribution in [3.8, 4) is 5.75 Å². The third-order valence-corrected chi connectivity index (χ3v) is 8.85. The van der Waals surface area contributed by atoms with Crippen LogP contribution in [0.15, 0.2) is 71.6 Å². The molecule has 0 aliphatic rings. The molecule has 0 bridgehead atoms. The minimum atomic E-state index is -4.50. The highest BCUT2D eigenvalue weighted by atomic mass is 35.5. The minimum absolute atomic E-state index is 0.0196. The standard InChI is InChI=1S/C30H35ClN4O7S/c1-5-6-16-32-30(37)22(3)33(19-23-8-7-9-24(31)17-23)29(36)20-34(25-11-13-26(42-4)14-12-25)43(40,41)27-15-10-21(2)28(18-27)35(38)39/h7-15,17-18,22H,5-6,16,19-20H2,1-4H3,(H,32,37)/t22-/m1/s1. The molecule has 2 amide bonds. The summed E-state index contributed by atoms with van der Waals surface area (Å²) in [4.78, 5) is 38.9. The third-order valence-electron chi connectivity index (χ3n) is 6.84. The van der Waals surface area contributed by atoms with Gasteiger partial charge in [0.05, 0.1) is 22.6 Å². The fraction of sp³-hybridized carbons (Fsp3) is 0.333. The molecule has 0 aromatic heterocycles. The first-order valence-corrected chi connectivity index (χ1v) is 15.4. The van der Waals surface area contributed by atoms with E-state index in [4.69, 9.17) is 16.3 Å². The van der Waals surface area contributed by atoms with Crippen LogP contribution in [-0.2, 0) is 26.2 Å². The van der Waals surface area contributed by atoms with E-state index >= 15 is 0 Å². The number of hydrogen-bond donors (Lipinski definition) is 1. The van der Waals surface area contributed by atoms with Crippen LogP contribution in [0.1, 0.15) is 37.8 Å². The summed E-state index contributed by atoms with van der Waals surface area (Å²) in [7, 11) is -3.04. The molecule has 13 heteroatoms. The van der Waals surface area contributed by atoms with Crippen LogP contribution < -0.4 is 14.4 Å².